The maximum absolute atomic E-state index is 12.4. The van der Waals surface area contributed by atoms with Crippen molar-refractivity contribution in [2.45, 2.75) is 57.2 Å². The Morgan fingerprint density at radius 1 is 1.27 bits per heavy atom. The van der Waals surface area contributed by atoms with Gasteiger partial charge in [0.05, 0.1) is 12.1 Å². The Kier molecular flexibility index (Phi) is 4.79. The molecule has 22 heavy (non-hydrogen) atoms. The molecule has 4 nitrogen and oxygen atoms in total. The zero-order valence-corrected chi connectivity index (χ0v) is 13.3. The lowest BCUT2D eigenvalue weighted by Crippen LogP contribution is -2.51. The van der Waals surface area contributed by atoms with Crippen LogP contribution in [0.3, 0.4) is 0 Å². The second-order valence-electron chi connectivity index (χ2n) is 6.42. The topological polar surface area (TPSA) is 55.6 Å². The van der Waals surface area contributed by atoms with Crippen LogP contribution in [0.5, 0.6) is 0 Å². The SMILES string of the molecule is CCc1ccc(C2C(N)CCC(=O)N2CC2CCCO2)cc1. The third kappa shape index (κ3) is 3.18. The summed E-state index contributed by atoms with van der Waals surface area (Å²) in [5.41, 5.74) is 8.83. The van der Waals surface area contributed by atoms with Crippen LogP contribution in [0, 0.1) is 0 Å². The number of carbonyl (C=O) groups is 1. The minimum atomic E-state index is -0.0173. The normalized spacial score (nSPS) is 29.1. The summed E-state index contributed by atoms with van der Waals surface area (Å²) in [6.45, 7) is 3.63. The van der Waals surface area contributed by atoms with Crippen LogP contribution in [0.2, 0.25) is 0 Å². The zero-order valence-electron chi connectivity index (χ0n) is 13.3. The van der Waals surface area contributed by atoms with Crippen LogP contribution in [-0.4, -0.2) is 36.1 Å². The molecule has 0 spiro atoms. The van der Waals surface area contributed by atoms with Crippen LogP contribution in [0.15, 0.2) is 24.3 Å². The van der Waals surface area contributed by atoms with Crippen molar-refractivity contribution in [3.05, 3.63) is 35.4 Å². The molecule has 0 aliphatic carbocycles. The molecule has 2 aliphatic heterocycles. The molecule has 4 heteroatoms. The fraction of sp³-hybridized carbons (Fsp3) is 0.611. The van der Waals surface area contributed by atoms with E-state index < -0.39 is 0 Å². The van der Waals surface area contributed by atoms with Crippen molar-refractivity contribution in [2.75, 3.05) is 13.2 Å². The van der Waals surface area contributed by atoms with E-state index in [0.29, 0.717) is 13.0 Å². The van der Waals surface area contributed by atoms with Crippen molar-refractivity contribution in [3.63, 3.8) is 0 Å². The van der Waals surface area contributed by atoms with Crippen molar-refractivity contribution < 1.29 is 9.53 Å². The highest BCUT2D eigenvalue weighted by Gasteiger charge is 2.36. The molecule has 1 amide bonds. The van der Waals surface area contributed by atoms with Gasteiger partial charge in [0.15, 0.2) is 0 Å². The number of carbonyl (C=O) groups excluding carboxylic acids is 1. The second-order valence-corrected chi connectivity index (χ2v) is 6.42. The number of ether oxygens (including phenoxy) is 1. The molecule has 2 heterocycles. The summed E-state index contributed by atoms with van der Waals surface area (Å²) in [6.07, 6.45) is 4.65. The summed E-state index contributed by atoms with van der Waals surface area (Å²) in [4.78, 5) is 14.4. The first-order valence-corrected chi connectivity index (χ1v) is 8.44. The number of nitrogens with zero attached hydrogens (tertiary/aromatic N) is 1. The molecule has 2 fully saturated rings. The van der Waals surface area contributed by atoms with E-state index in [2.05, 4.69) is 31.2 Å². The van der Waals surface area contributed by atoms with E-state index >= 15 is 0 Å². The van der Waals surface area contributed by atoms with Crippen LogP contribution < -0.4 is 5.73 Å². The summed E-state index contributed by atoms with van der Waals surface area (Å²) < 4.78 is 5.73. The van der Waals surface area contributed by atoms with Gasteiger partial charge in [0.25, 0.3) is 0 Å². The van der Waals surface area contributed by atoms with E-state index in [1.54, 1.807) is 0 Å². The van der Waals surface area contributed by atoms with Crippen molar-refractivity contribution in [3.8, 4) is 0 Å². The Morgan fingerprint density at radius 2 is 2.05 bits per heavy atom. The third-order valence-electron chi connectivity index (χ3n) is 4.91. The van der Waals surface area contributed by atoms with Crippen LogP contribution in [0.1, 0.15) is 49.8 Å². The number of piperidine rings is 1. The van der Waals surface area contributed by atoms with E-state index in [9.17, 15) is 4.79 Å². The van der Waals surface area contributed by atoms with Gasteiger partial charge in [-0.2, -0.15) is 0 Å². The van der Waals surface area contributed by atoms with Crippen molar-refractivity contribution >= 4 is 5.91 Å². The Labute approximate surface area is 132 Å². The Bertz CT molecular complexity index is 508. The lowest BCUT2D eigenvalue weighted by molar-refractivity contribution is -0.139. The van der Waals surface area contributed by atoms with Crippen LogP contribution in [-0.2, 0) is 16.0 Å². The fourth-order valence-electron chi connectivity index (χ4n) is 3.58. The Balaban J connectivity index is 1.83. The van der Waals surface area contributed by atoms with Gasteiger partial charge in [0.2, 0.25) is 5.91 Å². The molecule has 2 saturated heterocycles. The lowest BCUT2D eigenvalue weighted by atomic mass is 9.89. The van der Waals surface area contributed by atoms with Gasteiger partial charge < -0.3 is 15.4 Å². The molecule has 1 aromatic carbocycles. The van der Waals surface area contributed by atoms with Gasteiger partial charge in [-0.1, -0.05) is 31.2 Å². The van der Waals surface area contributed by atoms with E-state index in [0.717, 1.165) is 37.9 Å². The predicted molar refractivity (Wildman–Crippen MR) is 86.5 cm³/mol. The minimum Gasteiger partial charge on any atom is -0.376 e. The molecule has 0 saturated carbocycles. The molecular weight excluding hydrogens is 276 g/mol. The van der Waals surface area contributed by atoms with E-state index in [1.165, 1.54) is 5.56 Å². The first kappa shape index (κ1) is 15.5. The number of aryl methyl sites for hydroxylation is 1. The molecular formula is C18H26N2O2. The highest BCUT2D eigenvalue weighted by Crippen LogP contribution is 2.32. The molecule has 3 rings (SSSR count). The largest absolute Gasteiger partial charge is 0.376 e. The molecule has 120 valence electrons. The van der Waals surface area contributed by atoms with E-state index in [-0.39, 0.29) is 24.1 Å². The maximum Gasteiger partial charge on any atom is 0.223 e. The maximum atomic E-state index is 12.4. The number of hydrogen-bond donors (Lipinski definition) is 1. The molecule has 0 aromatic heterocycles. The zero-order chi connectivity index (χ0) is 15.5. The average Bonchev–Trinajstić information content (AvgIpc) is 3.04. The summed E-state index contributed by atoms with van der Waals surface area (Å²) in [5, 5.41) is 0. The molecule has 3 unspecified atom stereocenters. The standard InChI is InChI=1S/C18H26N2O2/c1-2-13-5-7-14(8-6-13)18-16(19)9-10-17(21)20(18)12-15-4-3-11-22-15/h5-8,15-16,18H,2-4,9-12,19H2,1H3. The molecule has 3 atom stereocenters. The average molecular weight is 302 g/mol. The fourth-order valence-corrected chi connectivity index (χ4v) is 3.58. The van der Waals surface area contributed by atoms with Gasteiger partial charge in [0, 0.05) is 25.6 Å². The molecule has 2 aliphatic rings. The van der Waals surface area contributed by atoms with Crippen LogP contribution in [0.25, 0.3) is 0 Å². The lowest BCUT2D eigenvalue weighted by Gasteiger charge is -2.41. The first-order valence-electron chi connectivity index (χ1n) is 8.44. The number of likely N-dealkylation sites (tertiary alicyclic amines) is 1. The van der Waals surface area contributed by atoms with Crippen LogP contribution in [0.4, 0.5) is 0 Å². The highest BCUT2D eigenvalue weighted by molar-refractivity contribution is 5.78. The van der Waals surface area contributed by atoms with Gasteiger partial charge in [-0.3, -0.25) is 4.79 Å². The second kappa shape index (κ2) is 6.80. The quantitative estimate of drug-likeness (QED) is 0.929. The summed E-state index contributed by atoms with van der Waals surface area (Å²) in [5.74, 6) is 0.210. The van der Waals surface area contributed by atoms with Gasteiger partial charge in [-0.25, -0.2) is 0 Å². The summed E-state index contributed by atoms with van der Waals surface area (Å²) in [7, 11) is 0. The van der Waals surface area contributed by atoms with Gasteiger partial charge >= 0.3 is 0 Å². The third-order valence-corrected chi connectivity index (χ3v) is 4.91. The van der Waals surface area contributed by atoms with Crippen molar-refractivity contribution in [1.82, 2.24) is 4.90 Å². The van der Waals surface area contributed by atoms with Gasteiger partial charge in [0.1, 0.15) is 0 Å². The number of amides is 1. The van der Waals surface area contributed by atoms with Crippen molar-refractivity contribution in [1.29, 1.82) is 0 Å². The smallest absolute Gasteiger partial charge is 0.223 e. The Morgan fingerprint density at radius 3 is 2.68 bits per heavy atom. The van der Waals surface area contributed by atoms with Gasteiger partial charge in [-0.05, 0) is 36.8 Å². The monoisotopic (exact) mass is 302 g/mol. The number of rotatable bonds is 4. The molecule has 0 bridgehead atoms. The van der Waals surface area contributed by atoms with E-state index in [4.69, 9.17) is 10.5 Å². The molecule has 2 N–H and O–H groups in total. The van der Waals surface area contributed by atoms with Gasteiger partial charge in [-0.15, -0.1) is 0 Å². The van der Waals surface area contributed by atoms with Crippen molar-refractivity contribution in [2.24, 2.45) is 5.73 Å². The summed E-state index contributed by atoms with van der Waals surface area (Å²) >= 11 is 0. The predicted octanol–water partition coefficient (Wildman–Crippen LogP) is 2.42. The molecule has 0 radical (unpaired) electrons. The van der Waals surface area contributed by atoms with E-state index in [1.807, 2.05) is 4.90 Å². The minimum absolute atomic E-state index is 0.00609. The molecule has 1 aromatic rings. The number of nitrogens with two attached hydrogens (primary N) is 1. The summed E-state index contributed by atoms with van der Waals surface area (Å²) in [6, 6.07) is 8.54. The first-order chi connectivity index (χ1) is 10.7. The number of hydrogen-bond acceptors (Lipinski definition) is 3. The Hall–Kier alpha value is -1.39. The number of benzene rings is 1. The van der Waals surface area contributed by atoms with Crippen LogP contribution >= 0.6 is 0 Å². The highest BCUT2D eigenvalue weighted by atomic mass is 16.5.